The van der Waals surface area contributed by atoms with Crippen LogP contribution in [0.3, 0.4) is 0 Å². The van der Waals surface area contributed by atoms with Gasteiger partial charge in [-0.05, 0) is 24.3 Å². The van der Waals surface area contributed by atoms with Crippen molar-refractivity contribution >= 4 is 17.8 Å². The number of hydrogen-bond donors (Lipinski definition) is 2. The molecular formula is C12H11F3N2O4. The largest absolute Gasteiger partial charge is 0.452 e. The fraction of sp³-hybridized carbons (Fsp3) is 0.250. The first-order valence-corrected chi connectivity index (χ1v) is 5.60. The molecule has 0 saturated carbocycles. The lowest BCUT2D eigenvalue weighted by atomic mass is 10.1. The minimum atomic E-state index is -4.50. The molecule has 0 aromatic heterocycles. The van der Waals surface area contributed by atoms with Crippen molar-refractivity contribution < 1.29 is 32.3 Å². The molecule has 21 heavy (non-hydrogen) atoms. The average molecular weight is 304 g/mol. The number of nitrogens with one attached hydrogen (secondary N) is 2. The maximum atomic E-state index is 12.3. The number of carbonyl (C=O) groups is 3. The molecule has 0 atom stereocenters. The van der Waals surface area contributed by atoms with Crippen molar-refractivity contribution in [1.82, 2.24) is 10.9 Å². The van der Waals surface area contributed by atoms with E-state index in [9.17, 15) is 27.6 Å². The molecular weight excluding hydrogens is 293 g/mol. The third-order valence-electron chi connectivity index (χ3n) is 2.16. The van der Waals surface area contributed by atoms with Gasteiger partial charge < -0.3 is 4.74 Å². The minimum absolute atomic E-state index is 0.129. The zero-order chi connectivity index (χ0) is 16.0. The van der Waals surface area contributed by atoms with Gasteiger partial charge in [0.15, 0.2) is 6.61 Å². The van der Waals surface area contributed by atoms with E-state index < -0.39 is 36.1 Å². The molecule has 0 bridgehead atoms. The van der Waals surface area contributed by atoms with Gasteiger partial charge in [0.05, 0.1) is 11.1 Å². The molecule has 6 nitrogen and oxygen atoms in total. The minimum Gasteiger partial charge on any atom is -0.452 e. The number of amides is 2. The average Bonchev–Trinajstić information content (AvgIpc) is 2.41. The maximum absolute atomic E-state index is 12.3. The Morgan fingerprint density at radius 2 is 1.67 bits per heavy atom. The third-order valence-corrected chi connectivity index (χ3v) is 2.16. The van der Waals surface area contributed by atoms with Gasteiger partial charge in [-0.2, -0.15) is 13.2 Å². The molecule has 0 aliphatic carbocycles. The number of carbonyl (C=O) groups excluding carboxylic acids is 3. The van der Waals surface area contributed by atoms with Gasteiger partial charge in [0.1, 0.15) is 0 Å². The van der Waals surface area contributed by atoms with Crippen LogP contribution in [0.1, 0.15) is 22.8 Å². The van der Waals surface area contributed by atoms with E-state index in [-0.39, 0.29) is 5.56 Å². The second kappa shape index (κ2) is 6.73. The Bertz CT molecular complexity index is 540. The highest BCUT2D eigenvalue weighted by atomic mass is 19.4. The summed E-state index contributed by atoms with van der Waals surface area (Å²) in [6.45, 7) is 0.481. The first-order valence-electron chi connectivity index (χ1n) is 5.60. The molecule has 2 amide bonds. The zero-order valence-corrected chi connectivity index (χ0v) is 10.8. The molecule has 0 radical (unpaired) electrons. The van der Waals surface area contributed by atoms with Gasteiger partial charge in [-0.25, -0.2) is 4.79 Å². The molecule has 1 aromatic rings. The summed E-state index contributed by atoms with van der Waals surface area (Å²) in [5.74, 6) is -2.26. The predicted molar refractivity (Wildman–Crippen MR) is 63.7 cm³/mol. The van der Waals surface area contributed by atoms with Crippen molar-refractivity contribution in [2.24, 2.45) is 0 Å². The summed E-state index contributed by atoms with van der Waals surface area (Å²) < 4.78 is 41.5. The molecule has 0 saturated heterocycles. The molecule has 114 valence electrons. The summed E-state index contributed by atoms with van der Waals surface area (Å²) in [6, 6.07) is 3.34. The molecule has 0 spiro atoms. The van der Waals surface area contributed by atoms with Crippen LogP contribution < -0.4 is 10.9 Å². The number of alkyl halides is 3. The third kappa shape index (κ3) is 5.51. The topological polar surface area (TPSA) is 84.5 Å². The Morgan fingerprint density at radius 1 is 1.10 bits per heavy atom. The molecule has 0 aliphatic rings. The Kier molecular flexibility index (Phi) is 5.28. The van der Waals surface area contributed by atoms with Crippen molar-refractivity contribution in [1.29, 1.82) is 0 Å². The summed E-state index contributed by atoms with van der Waals surface area (Å²) in [5.41, 5.74) is 2.90. The van der Waals surface area contributed by atoms with E-state index in [1.165, 1.54) is 0 Å². The number of esters is 1. The van der Waals surface area contributed by atoms with Gasteiger partial charge in [-0.1, -0.05) is 0 Å². The first kappa shape index (κ1) is 16.5. The Balaban J connectivity index is 2.53. The number of halogens is 3. The van der Waals surface area contributed by atoms with Crippen molar-refractivity contribution in [3.63, 3.8) is 0 Å². The molecule has 2 N–H and O–H groups in total. The van der Waals surface area contributed by atoms with Gasteiger partial charge in [-0.15, -0.1) is 0 Å². The SMILES string of the molecule is CC(=O)NNC(=O)COC(=O)c1ccc(C(F)(F)F)cc1. The quantitative estimate of drug-likeness (QED) is 0.645. The highest BCUT2D eigenvalue weighted by molar-refractivity contribution is 5.91. The molecule has 0 aliphatic heterocycles. The lowest BCUT2D eigenvalue weighted by molar-refractivity contribution is -0.137. The summed E-state index contributed by atoms with van der Waals surface area (Å²) in [6.07, 6.45) is -4.50. The molecule has 0 heterocycles. The Labute approximate surface area is 117 Å². The van der Waals surface area contributed by atoms with Crippen LogP contribution in [-0.2, 0) is 20.5 Å². The highest BCUT2D eigenvalue weighted by Crippen LogP contribution is 2.29. The molecule has 0 unspecified atom stereocenters. The Morgan fingerprint density at radius 3 is 2.14 bits per heavy atom. The molecule has 1 aromatic carbocycles. The van der Waals surface area contributed by atoms with E-state index in [1.807, 2.05) is 10.9 Å². The normalized spacial score (nSPS) is 10.7. The van der Waals surface area contributed by atoms with Crippen LogP contribution in [0.25, 0.3) is 0 Å². The van der Waals surface area contributed by atoms with E-state index >= 15 is 0 Å². The first-order chi connectivity index (χ1) is 9.70. The van der Waals surface area contributed by atoms with E-state index in [0.29, 0.717) is 0 Å². The van der Waals surface area contributed by atoms with Crippen LogP contribution in [0.4, 0.5) is 13.2 Å². The van der Waals surface area contributed by atoms with Gasteiger partial charge in [0, 0.05) is 6.92 Å². The van der Waals surface area contributed by atoms with Crippen LogP contribution in [0, 0.1) is 0 Å². The van der Waals surface area contributed by atoms with Crippen molar-refractivity contribution in [2.75, 3.05) is 6.61 Å². The number of hydrazine groups is 1. The van der Waals surface area contributed by atoms with Crippen molar-refractivity contribution in [3.05, 3.63) is 35.4 Å². The Hall–Kier alpha value is -2.58. The van der Waals surface area contributed by atoms with Crippen LogP contribution in [0.2, 0.25) is 0 Å². The summed E-state index contributed by atoms with van der Waals surface area (Å²) in [5, 5.41) is 0. The van der Waals surface area contributed by atoms with Gasteiger partial charge >= 0.3 is 12.1 Å². The molecule has 0 fully saturated rings. The molecule has 1 rings (SSSR count). The van der Waals surface area contributed by atoms with Gasteiger partial charge in [0.2, 0.25) is 5.91 Å². The lowest BCUT2D eigenvalue weighted by Crippen LogP contribution is -2.42. The second-order valence-corrected chi connectivity index (χ2v) is 3.88. The summed E-state index contributed by atoms with van der Waals surface area (Å²) in [7, 11) is 0. The predicted octanol–water partition coefficient (Wildman–Crippen LogP) is 1.03. The van der Waals surface area contributed by atoms with E-state index in [0.717, 1.165) is 31.2 Å². The lowest BCUT2D eigenvalue weighted by Gasteiger charge is -2.08. The monoisotopic (exact) mass is 304 g/mol. The van der Waals surface area contributed by atoms with Crippen molar-refractivity contribution in [3.8, 4) is 0 Å². The van der Waals surface area contributed by atoms with Crippen LogP contribution in [-0.4, -0.2) is 24.4 Å². The van der Waals surface area contributed by atoms with Gasteiger partial charge in [-0.3, -0.25) is 20.4 Å². The van der Waals surface area contributed by atoms with E-state index in [1.54, 1.807) is 0 Å². The highest BCUT2D eigenvalue weighted by Gasteiger charge is 2.30. The van der Waals surface area contributed by atoms with Crippen LogP contribution >= 0.6 is 0 Å². The summed E-state index contributed by atoms with van der Waals surface area (Å²) >= 11 is 0. The van der Waals surface area contributed by atoms with Crippen LogP contribution in [0.5, 0.6) is 0 Å². The number of benzene rings is 1. The maximum Gasteiger partial charge on any atom is 0.416 e. The van der Waals surface area contributed by atoms with E-state index in [2.05, 4.69) is 4.74 Å². The standard InChI is InChI=1S/C12H11F3N2O4/c1-7(18)16-17-10(19)6-21-11(20)8-2-4-9(5-3-8)12(13,14)15/h2-5H,6H2,1H3,(H,16,18)(H,17,19). The second-order valence-electron chi connectivity index (χ2n) is 3.88. The fourth-order valence-electron chi connectivity index (χ4n) is 1.20. The number of rotatable bonds is 3. The number of hydrogen-bond acceptors (Lipinski definition) is 4. The fourth-order valence-corrected chi connectivity index (χ4v) is 1.20. The smallest absolute Gasteiger partial charge is 0.416 e. The van der Waals surface area contributed by atoms with Gasteiger partial charge in [0.25, 0.3) is 5.91 Å². The van der Waals surface area contributed by atoms with E-state index in [4.69, 9.17) is 0 Å². The van der Waals surface area contributed by atoms with Crippen LogP contribution in [0.15, 0.2) is 24.3 Å². The van der Waals surface area contributed by atoms with Crippen molar-refractivity contribution in [2.45, 2.75) is 13.1 Å². The number of ether oxygens (including phenoxy) is 1. The zero-order valence-electron chi connectivity index (χ0n) is 10.8. The summed E-state index contributed by atoms with van der Waals surface area (Å²) in [4.78, 5) is 33.1. The molecule has 9 heteroatoms.